The van der Waals surface area contributed by atoms with Gasteiger partial charge in [0, 0.05) is 18.0 Å². The summed E-state index contributed by atoms with van der Waals surface area (Å²) in [4.78, 5) is 11.2. The van der Waals surface area contributed by atoms with Crippen molar-refractivity contribution in [2.24, 2.45) is 5.92 Å². The molecule has 82 valence electrons. The normalized spacial score (nSPS) is 10.5. The highest BCUT2D eigenvalue weighted by Gasteiger charge is 2.11. The summed E-state index contributed by atoms with van der Waals surface area (Å²) >= 11 is 0. The van der Waals surface area contributed by atoms with E-state index in [2.05, 4.69) is 5.32 Å². The van der Waals surface area contributed by atoms with Crippen LogP contribution in [0.15, 0.2) is 18.2 Å². The van der Waals surface area contributed by atoms with E-state index in [4.69, 9.17) is 0 Å². The van der Waals surface area contributed by atoms with Crippen LogP contribution >= 0.6 is 0 Å². The van der Waals surface area contributed by atoms with E-state index in [1.54, 1.807) is 13.8 Å². The van der Waals surface area contributed by atoms with Gasteiger partial charge in [-0.05, 0) is 12.1 Å². The summed E-state index contributed by atoms with van der Waals surface area (Å²) in [5.41, 5.74) is -0.105. The lowest BCUT2D eigenvalue weighted by Crippen LogP contribution is -2.27. The van der Waals surface area contributed by atoms with Gasteiger partial charge in [0.05, 0.1) is 0 Å². The second-order valence-corrected chi connectivity index (χ2v) is 3.57. The highest BCUT2D eigenvalue weighted by Crippen LogP contribution is 2.11. The van der Waals surface area contributed by atoms with Gasteiger partial charge in [-0.1, -0.05) is 19.9 Å². The Morgan fingerprint density at radius 1 is 1.33 bits per heavy atom. The number of rotatable bonds is 3. The zero-order valence-corrected chi connectivity index (χ0v) is 8.68. The van der Waals surface area contributed by atoms with Gasteiger partial charge in [-0.25, -0.2) is 8.78 Å². The molecular weight excluding hydrogens is 200 g/mol. The van der Waals surface area contributed by atoms with Crippen molar-refractivity contribution >= 4 is 5.91 Å². The molecule has 1 amide bonds. The minimum atomic E-state index is -0.640. The Hall–Kier alpha value is -1.45. The second kappa shape index (κ2) is 4.87. The first kappa shape index (κ1) is 11.6. The maximum Gasteiger partial charge on any atom is 0.222 e. The fraction of sp³-hybridized carbons (Fsp3) is 0.364. The van der Waals surface area contributed by atoms with Crippen LogP contribution < -0.4 is 5.32 Å². The van der Waals surface area contributed by atoms with Gasteiger partial charge in [0.2, 0.25) is 5.91 Å². The van der Waals surface area contributed by atoms with Crippen molar-refractivity contribution in [3.8, 4) is 0 Å². The molecule has 0 saturated heterocycles. The fourth-order valence-corrected chi connectivity index (χ4v) is 1.08. The van der Waals surface area contributed by atoms with Crippen LogP contribution in [0.4, 0.5) is 8.78 Å². The van der Waals surface area contributed by atoms with E-state index in [-0.39, 0.29) is 23.9 Å². The summed E-state index contributed by atoms with van der Waals surface area (Å²) in [5.74, 6) is -1.70. The standard InChI is InChI=1S/C11H13F2NO/c1-7(2)11(15)14-6-8-9(12)4-3-5-10(8)13/h3-5,7H,6H2,1-2H3,(H,14,15). The fourth-order valence-electron chi connectivity index (χ4n) is 1.08. The van der Waals surface area contributed by atoms with E-state index in [9.17, 15) is 13.6 Å². The van der Waals surface area contributed by atoms with Gasteiger partial charge in [0.15, 0.2) is 0 Å². The summed E-state index contributed by atoms with van der Waals surface area (Å²) in [5, 5.41) is 2.46. The molecule has 0 aliphatic heterocycles. The molecule has 0 radical (unpaired) electrons. The van der Waals surface area contributed by atoms with Crippen LogP contribution in [-0.2, 0) is 11.3 Å². The molecule has 1 aromatic carbocycles. The van der Waals surface area contributed by atoms with E-state index in [0.29, 0.717) is 0 Å². The van der Waals surface area contributed by atoms with Gasteiger partial charge in [-0.15, -0.1) is 0 Å². The molecule has 0 unspecified atom stereocenters. The molecule has 2 nitrogen and oxygen atoms in total. The Morgan fingerprint density at radius 2 is 1.87 bits per heavy atom. The van der Waals surface area contributed by atoms with Crippen LogP contribution in [0.2, 0.25) is 0 Å². The van der Waals surface area contributed by atoms with E-state index in [1.165, 1.54) is 18.2 Å². The maximum absolute atomic E-state index is 13.1. The zero-order chi connectivity index (χ0) is 11.4. The third-order valence-corrected chi connectivity index (χ3v) is 2.03. The Kier molecular flexibility index (Phi) is 3.77. The summed E-state index contributed by atoms with van der Waals surface area (Å²) in [7, 11) is 0. The number of hydrogen-bond donors (Lipinski definition) is 1. The van der Waals surface area contributed by atoms with Crippen molar-refractivity contribution in [3.63, 3.8) is 0 Å². The van der Waals surface area contributed by atoms with Crippen molar-refractivity contribution in [3.05, 3.63) is 35.4 Å². The van der Waals surface area contributed by atoms with Crippen LogP contribution in [0.1, 0.15) is 19.4 Å². The van der Waals surface area contributed by atoms with E-state index >= 15 is 0 Å². The average molecular weight is 213 g/mol. The number of nitrogens with one attached hydrogen (secondary N) is 1. The molecule has 0 aromatic heterocycles. The SMILES string of the molecule is CC(C)C(=O)NCc1c(F)cccc1F. The van der Waals surface area contributed by atoms with Gasteiger partial charge >= 0.3 is 0 Å². The van der Waals surface area contributed by atoms with Crippen LogP contribution in [0, 0.1) is 17.6 Å². The van der Waals surface area contributed by atoms with Crippen molar-refractivity contribution < 1.29 is 13.6 Å². The summed E-state index contributed by atoms with van der Waals surface area (Å²) in [6, 6.07) is 3.62. The quantitative estimate of drug-likeness (QED) is 0.819. The Balaban J connectivity index is 2.69. The van der Waals surface area contributed by atoms with Crippen molar-refractivity contribution in [2.75, 3.05) is 0 Å². The van der Waals surface area contributed by atoms with Gasteiger partial charge in [0.1, 0.15) is 11.6 Å². The highest BCUT2D eigenvalue weighted by atomic mass is 19.1. The summed E-state index contributed by atoms with van der Waals surface area (Å²) in [6.07, 6.45) is 0. The maximum atomic E-state index is 13.1. The molecule has 0 aliphatic rings. The Morgan fingerprint density at radius 3 is 2.33 bits per heavy atom. The lowest BCUT2D eigenvalue weighted by molar-refractivity contribution is -0.124. The monoisotopic (exact) mass is 213 g/mol. The van der Waals surface area contributed by atoms with Crippen molar-refractivity contribution in [1.29, 1.82) is 0 Å². The van der Waals surface area contributed by atoms with E-state index in [0.717, 1.165) is 0 Å². The molecule has 0 heterocycles. The molecule has 15 heavy (non-hydrogen) atoms. The topological polar surface area (TPSA) is 29.1 Å². The van der Waals surface area contributed by atoms with Gasteiger partial charge in [-0.3, -0.25) is 4.79 Å². The number of carbonyl (C=O) groups excluding carboxylic acids is 1. The Labute approximate surface area is 87.3 Å². The minimum Gasteiger partial charge on any atom is -0.352 e. The van der Waals surface area contributed by atoms with E-state index in [1.807, 2.05) is 0 Å². The number of hydrogen-bond acceptors (Lipinski definition) is 1. The first-order chi connectivity index (χ1) is 7.02. The molecule has 0 atom stereocenters. The molecule has 1 rings (SSSR count). The number of carbonyl (C=O) groups is 1. The van der Waals surface area contributed by atoms with Crippen molar-refractivity contribution in [1.82, 2.24) is 5.32 Å². The molecule has 0 fully saturated rings. The van der Waals surface area contributed by atoms with Crippen LogP contribution in [0.5, 0.6) is 0 Å². The first-order valence-corrected chi connectivity index (χ1v) is 4.73. The molecule has 1 aromatic rings. The Bertz CT molecular complexity index is 343. The summed E-state index contributed by atoms with van der Waals surface area (Å²) in [6.45, 7) is 3.32. The molecule has 1 N–H and O–H groups in total. The number of halogens is 2. The van der Waals surface area contributed by atoms with Crippen LogP contribution in [0.25, 0.3) is 0 Å². The predicted molar refractivity (Wildman–Crippen MR) is 53.0 cm³/mol. The third-order valence-electron chi connectivity index (χ3n) is 2.03. The van der Waals surface area contributed by atoms with Gasteiger partial charge in [-0.2, -0.15) is 0 Å². The summed E-state index contributed by atoms with van der Waals surface area (Å²) < 4.78 is 26.2. The lowest BCUT2D eigenvalue weighted by Gasteiger charge is -2.08. The minimum absolute atomic E-state index is 0.105. The predicted octanol–water partition coefficient (Wildman–Crippen LogP) is 2.24. The van der Waals surface area contributed by atoms with Crippen LogP contribution in [0.3, 0.4) is 0 Å². The molecule has 0 bridgehead atoms. The van der Waals surface area contributed by atoms with Gasteiger partial charge in [0.25, 0.3) is 0 Å². The first-order valence-electron chi connectivity index (χ1n) is 4.73. The molecular formula is C11H13F2NO. The molecule has 0 spiro atoms. The number of benzene rings is 1. The molecule has 0 aliphatic carbocycles. The van der Waals surface area contributed by atoms with Crippen LogP contribution in [-0.4, -0.2) is 5.91 Å². The molecule has 0 saturated carbocycles. The smallest absolute Gasteiger partial charge is 0.222 e. The van der Waals surface area contributed by atoms with Gasteiger partial charge < -0.3 is 5.32 Å². The van der Waals surface area contributed by atoms with E-state index < -0.39 is 11.6 Å². The molecule has 4 heteroatoms. The zero-order valence-electron chi connectivity index (χ0n) is 8.68. The highest BCUT2D eigenvalue weighted by molar-refractivity contribution is 5.77. The van der Waals surface area contributed by atoms with Crippen molar-refractivity contribution in [2.45, 2.75) is 20.4 Å². The number of amides is 1. The average Bonchev–Trinajstić information content (AvgIpc) is 2.16. The second-order valence-electron chi connectivity index (χ2n) is 3.57. The lowest BCUT2D eigenvalue weighted by atomic mass is 10.1. The third kappa shape index (κ3) is 3.01. The largest absolute Gasteiger partial charge is 0.352 e.